The molecule has 2 amide bonds. The van der Waals surface area contributed by atoms with E-state index in [1.54, 1.807) is 48.6 Å². The summed E-state index contributed by atoms with van der Waals surface area (Å²) in [5.41, 5.74) is 5.79. The highest BCUT2D eigenvalue weighted by Crippen LogP contribution is 2.44. The van der Waals surface area contributed by atoms with E-state index < -0.39 is 5.97 Å². The van der Waals surface area contributed by atoms with E-state index in [1.807, 2.05) is 73.1 Å². The molecule has 14 heteroatoms. The van der Waals surface area contributed by atoms with Gasteiger partial charge < -0.3 is 30.3 Å². The molecule has 12 nitrogen and oxygen atoms in total. The van der Waals surface area contributed by atoms with Crippen molar-refractivity contribution in [1.29, 1.82) is 0 Å². The van der Waals surface area contributed by atoms with E-state index in [9.17, 15) is 19.2 Å². The molecule has 3 N–H and O–H groups in total. The number of aryl methyl sites for hydroxylation is 2. The van der Waals surface area contributed by atoms with Gasteiger partial charge in [-0.3, -0.25) is 19.2 Å². The van der Waals surface area contributed by atoms with Gasteiger partial charge in [0, 0.05) is 82.6 Å². The topological polar surface area (TPSA) is 154 Å². The molecule has 8 rings (SSSR count). The molecule has 2 saturated carbocycles. The fourth-order valence-corrected chi connectivity index (χ4v) is 12.2. The summed E-state index contributed by atoms with van der Waals surface area (Å²) in [5, 5.41) is 18.9. The zero-order valence-corrected chi connectivity index (χ0v) is 41.7. The van der Waals surface area contributed by atoms with E-state index in [0.717, 1.165) is 21.0 Å². The molecule has 2 aliphatic carbocycles. The van der Waals surface area contributed by atoms with Crippen molar-refractivity contribution in [2.75, 3.05) is 44.4 Å². The number of carbonyl (C=O) groups excluding carboxylic acids is 3. The molecule has 0 aliphatic heterocycles. The molecule has 0 bridgehead atoms. The van der Waals surface area contributed by atoms with Crippen LogP contribution in [0.2, 0.25) is 0 Å². The van der Waals surface area contributed by atoms with Crippen LogP contribution in [0.5, 0.6) is 0 Å². The number of pyridine rings is 2. The van der Waals surface area contributed by atoms with Crippen molar-refractivity contribution in [2.24, 2.45) is 11.8 Å². The molecule has 2 aliphatic rings. The van der Waals surface area contributed by atoms with Gasteiger partial charge in [0.2, 0.25) is 0 Å². The number of rotatable bonds is 17. The van der Waals surface area contributed by atoms with Crippen LogP contribution in [0.15, 0.2) is 85.2 Å². The number of thiophene rings is 2. The summed E-state index contributed by atoms with van der Waals surface area (Å²) in [6, 6.07) is 24.0. The zero-order chi connectivity index (χ0) is 48.2. The van der Waals surface area contributed by atoms with Gasteiger partial charge in [-0.25, -0.2) is 9.97 Å². The molecule has 2 aromatic carbocycles. The fraction of sp³-hybridized carbons (Fsp3) is 0.444. The van der Waals surface area contributed by atoms with E-state index in [1.165, 1.54) is 101 Å². The average molecular weight is 959 g/mol. The van der Waals surface area contributed by atoms with Crippen LogP contribution in [0, 0.1) is 25.7 Å². The monoisotopic (exact) mass is 958 g/mol. The Balaban J connectivity index is 0.000000202. The van der Waals surface area contributed by atoms with E-state index in [2.05, 4.69) is 46.6 Å². The van der Waals surface area contributed by atoms with Gasteiger partial charge in [-0.15, -0.1) is 22.7 Å². The molecule has 6 aromatic rings. The summed E-state index contributed by atoms with van der Waals surface area (Å²) in [5.74, 6) is -0.323. The summed E-state index contributed by atoms with van der Waals surface area (Å²) in [6.07, 6.45) is 16.4. The maximum Gasteiger partial charge on any atom is 0.307 e. The summed E-state index contributed by atoms with van der Waals surface area (Å²) >= 11 is 3.58. The number of hydrogen-bond acceptors (Lipinski definition) is 11. The van der Waals surface area contributed by atoms with E-state index in [-0.39, 0.29) is 49.3 Å². The first kappa shape index (κ1) is 50.0. The number of carboxylic acid groups (broad SMARTS) is 1. The molecule has 0 radical (unpaired) electrons. The molecule has 360 valence electrons. The number of esters is 1. The van der Waals surface area contributed by atoms with Crippen LogP contribution in [0.25, 0.3) is 20.4 Å². The Morgan fingerprint density at radius 2 is 1.06 bits per heavy atom. The van der Waals surface area contributed by atoms with Crippen molar-refractivity contribution in [3.63, 3.8) is 0 Å². The summed E-state index contributed by atoms with van der Waals surface area (Å²) in [4.78, 5) is 64.9. The van der Waals surface area contributed by atoms with Gasteiger partial charge in [0.25, 0.3) is 11.8 Å². The number of hydrogen-bond donors (Lipinski definition) is 3. The minimum Gasteiger partial charge on any atom is -0.481 e. The summed E-state index contributed by atoms with van der Waals surface area (Å²) < 4.78 is 4.96. The number of nitrogens with zero attached hydrogens (tertiary/aromatic N) is 4. The summed E-state index contributed by atoms with van der Waals surface area (Å²) in [7, 11) is 3.35. The number of anilines is 2. The SMILES string of the molecule is CCOC(=O)CCN(C)C(=O)c1ccc(NC(c2sc3ncccc3c2C)C2CCCCC2)cc1.Cc1c(C(Nc2ccc(C(=O)N(C)CCC(=O)O)cc2)C2CCCCC2)sc2ncccc12. The van der Waals surface area contributed by atoms with Crippen molar-refractivity contribution in [3.05, 3.63) is 117 Å². The highest BCUT2D eigenvalue weighted by Gasteiger charge is 2.30. The molecule has 4 heterocycles. The van der Waals surface area contributed by atoms with Crippen molar-refractivity contribution in [2.45, 2.75) is 110 Å². The van der Waals surface area contributed by atoms with Gasteiger partial charge in [-0.05, 0) is 130 Å². The molecule has 2 fully saturated rings. The van der Waals surface area contributed by atoms with Gasteiger partial charge in [0.1, 0.15) is 9.66 Å². The lowest BCUT2D eigenvalue weighted by atomic mass is 9.82. The first-order valence-corrected chi connectivity index (χ1v) is 25.8. The quantitative estimate of drug-likeness (QED) is 0.0753. The second kappa shape index (κ2) is 23.9. The van der Waals surface area contributed by atoms with Gasteiger partial charge in [-0.2, -0.15) is 0 Å². The third kappa shape index (κ3) is 12.6. The normalized spacial score (nSPS) is 15.2. The number of amides is 2. The predicted octanol–water partition coefficient (Wildman–Crippen LogP) is 12.2. The Hall–Kier alpha value is -5.86. The Morgan fingerprint density at radius 3 is 1.44 bits per heavy atom. The zero-order valence-electron chi connectivity index (χ0n) is 40.1. The second-order valence-electron chi connectivity index (χ2n) is 18.2. The van der Waals surface area contributed by atoms with E-state index in [0.29, 0.717) is 36.1 Å². The first-order chi connectivity index (χ1) is 32.9. The highest BCUT2D eigenvalue weighted by molar-refractivity contribution is 7.19. The van der Waals surface area contributed by atoms with E-state index >= 15 is 0 Å². The van der Waals surface area contributed by atoms with Crippen LogP contribution in [0.4, 0.5) is 11.4 Å². The number of ether oxygens (including phenoxy) is 1. The van der Waals surface area contributed by atoms with Gasteiger partial charge >= 0.3 is 11.9 Å². The maximum atomic E-state index is 12.8. The van der Waals surface area contributed by atoms with Crippen molar-refractivity contribution < 1.29 is 29.0 Å². The molecule has 68 heavy (non-hydrogen) atoms. The third-order valence-corrected chi connectivity index (χ3v) is 16.1. The third-order valence-electron chi connectivity index (χ3n) is 13.5. The molecule has 2 unspecified atom stereocenters. The van der Waals surface area contributed by atoms with Crippen LogP contribution in [-0.4, -0.2) is 82.4 Å². The molecule has 0 spiro atoms. The van der Waals surface area contributed by atoms with Crippen molar-refractivity contribution in [3.8, 4) is 0 Å². The molecule has 0 saturated heterocycles. The first-order valence-electron chi connectivity index (χ1n) is 24.2. The molecular weight excluding hydrogens is 893 g/mol. The Labute approximate surface area is 408 Å². The van der Waals surface area contributed by atoms with Gasteiger partial charge in [-0.1, -0.05) is 50.7 Å². The highest BCUT2D eigenvalue weighted by atomic mass is 32.1. The van der Waals surface area contributed by atoms with Gasteiger partial charge in [0.15, 0.2) is 0 Å². The minimum atomic E-state index is -0.908. The van der Waals surface area contributed by atoms with Crippen molar-refractivity contribution in [1.82, 2.24) is 19.8 Å². The minimum absolute atomic E-state index is 0.0612. The number of benzene rings is 2. The average Bonchev–Trinajstić information content (AvgIpc) is 3.89. The number of nitrogens with one attached hydrogen (secondary N) is 2. The maximum absolute atomic E-state index is 12.8. The lowest BCUT2D eigenvalue weighted by Gasteiger charge is -2.31. The van der Waals surface area contributed by atoms with Crippen LogP contribution >= 0.6 is 22.7 Å². The predicted molar refractivity (Wildman–Crippen MR) is 275 cm³/mol. The van der Waals surface area contributed by atoms with E-state index in [4.69, 9.17) is 9.84 Å². The van der Waals surface area contributed by atoms with Crippen molar-refractivity contribution >= 4 is 78.2 Å². The number of carboxylic acids is 1. The smallest absolute Gasteiger partial charge is 0.307 e. The molecule has 2 atom stereocenters. The lowest BCUT2D eigenvalue weighted by Crippen LogP contribution is -2.29. The Kier molecular flexibility index (Phi) is 17.6. The number of fused-ring (bicyclic) bond motifs is 2. The Morgan fingerprint density at radius 1 is 0.647 bits per heavy atom. The largest absolute Gasteiger partial charge is 0.481 e. The lowest BCUT2D eigenvalue weighted by molar-refractivity contribution is -0.143. The van der Waals surface area contributed by atoms with Gasteiger partial charge in [0.05, 0.1) is 31.5 Å². The molecular formula is C54H66N6O6S2. The molecule has 4 aromatic heterocycles. The standard InChI is InChI=1S/C28H35N3O3S.C26H31N3O3S/c1-4-34-24(32)16-18-31(3)28(33)21-12-14-22(15-13-21)30-25(20-9-6-5-7-10-20)26-19(2)23-11-8-17-29-27(23)35-26;1-17-21-9-6-15-27-25(21)33-24(17)23(18-7-4-3-5-8-18)28-20-12-10-19(11-13-20)26(32)29(2)16-14-22(30)31/h8,11-15,17,20,25,30H,4-7,9-10,16,18H2,1-3H3;6,9-13,15,18,23,28H,3-5,7-8,14,16H2,1-2H3,(H,30,31). The fourth-order valence-electron chi connectivity index (χ4n) is 9.64. The van der Waals surface area contributed by atoms with Crippen LogP contribution < -0.4 is 10.6 Å². The second-order valence-corrected chi connectivity index (χ2v) is 20.3. The summed E-state index contributed by atoms with van der Waals surface area (Å²) in [6.45, 7) is 7.06. The number of carbonyl (C=O) groups is 4. The Bertz CT molecular complexity index is 2630. The van der Waals surface area contributed by atoms with Crippen LogP contribution in [0.1, 0.15) is 138 Å². The number of aliphatic carboxylic acids is 1. The number of aromatic nitrogens is 2. The van der Waals surface area contributed by atoms with Crippen LogP contribution in [0.3, 0.4) is 0 Å². The van der Waals surface area contributed by atoms with Crippen LogP contribution in [-0.2, 0) is 14.3 Å².